The number of hydrogen-bond donors (Lipinski definition) is 1. The Morgan fingerprint density at radius 1 is 1.14 bits per heavy atom. The Hall–Kier alpha value is -2.16. The lowest BCUT2D eigenvalue weighted by molar-refractivity contribution is 0.397. The third-order valence-corrected chi connectivity index (χ3v) is 3.42. The standard InChI is InChI=1S/C7H5BrN2O.C6H3BrN2O/c1-11-7-3-2-5(8)6(4-9)10-7;7-4-1-2-6(10)9-5(4)3-8/h2-3H,1H3;1-2H,(H,9,10). The van der Waals surface area contributed by atoms with Crippen molar-refractivity contribution in [2.45, 2.75) is 0 Å². The molecule has 0 aliphatic heterocycles. The number of nitrogens with zero attached hydrogens (tertiary/aromatic N) is 3. The summed E-state index contributed by atoms with van der Waals surface area (Å²) in [5, 5.41) is 16.9. The van der Waals surface area contributed by atoms with Gasteiger partial charge >= 0.3 is 0 Å². The van der Waals surface area contributed by atoms with Crippen molar-refractivity contribution in [1.29, 1.82) is 10.5 Å². The van der Waals surface area contributed by atoms with E-state index in [4.69, 9.17) is 15.3 Å². The Morgan fingerprint density at radius 2 is 1.81 bits per heavy atom. The van der Waals surface area contributed by atoms with Crippen LogP contribution in [0.2, 0.25) is 0 Å². The monoisotopic (exact) mass is 410 g/mol. The first-order valence-corrected chi connectivity index (χ1v) is 7.00. The summed E-state index contributed by atoms with van der Waals surface area (Å²) in [6.45, 7) is 0. The maximum Gasteiger partial charge on any atom is 0.248 e. The van der Waals surface area contributed by atoms with Crippen LogP contribution in [-0.4, -0.2) is 17.1 Å². The molecule has 0 bridgehead atoms. The SMILES string of the molecule is COc1ccc(Br)c(C#N)n1.N#Cc1[nH]c(=O)ccc1Br. The molecule has 0 saturated heterocycles. The maximum atomic E-state index is 10.6. The third-order valence-electron chi connectivity index (χ3n) is 2.12. The third kappa shape index (κ3) is 5.03. The van der Waals surface area contributed by atoms with E-state index in [1.807, 2.05) is 12.1 Å². The Kier molecular flexibility index (Phi) is 6.60. The summed E-state index contributed by atoms with van der Waals surface area (Å²) >= 11 is 6.28. The van der Waals surface area contributed by atoms with E-state index < -0.39 is 0 Å². The zero-order valence-corrected chi connectivity index (χ0v) is 13.9. The van der Waals surface area contributed by atoms with Crippen molar-refractivity contribution in [2.75, 3.05) is 7.11 Å². The van der Waals surface area contributed by atoms with Crippen molar-refractivity contribution >= 4 is 31.9 Å². The number of pyridine rings is 2. The molecule has 0 spiro atoms. The number of halogens is 2. The molecule has 0 aliphatic rings. The second-order valence-corrected chi connectivity index (χ2v) is 5.16. The van der Waals surface area contributed by atoms with Gasteiger partial charge in [-0.3, -0.25) is 4.79 Å². The first-order chi connectivity index (χ1) is 10.0. The van der Waals surface area contributed by atoms with E-state index in [1.54, 1.807) is 12.1 Å². The van der Waals surface area contributed by atoms with Crippen LogP contribution in [0.15, 0.2) is 38.0 Å². The van der Waals surface area contributed by atoms with Gasteiger partial charge in [-0.15, -0.1) is 0 Å². The van der Waals surface area contributed by atoms with E-state index in [0.29, 0.717) is 20.5 Å². The molecular weight excluding hydrogens is 404 g/mol. The van der Waals surface area contributed by atoms with Gasteiger partial charge in [0.15, 0.2) is 5.69 Å². The summed E-state index contributed by atoms with van der Waals surface area (Å²) in [4.78, 5) is 16.8. The average molecular weight is 412 g/mol. The van der Waals surface area contributed by atoms with Crippen LogP contribution in [0.4, 0.5) is 0 Å². The van der Waals surface area contributed by atoms with Gasteiger partial charge in [-0.1, -0.05) is 0 Å². The van der Waals surface area contributed by atoms with Crippen LogP contribution >= 0.6 is 31.9 Å². The molecule has 0 atom stereocenters. The zero-order chi connectivity index (χ0) is 15.8. The minimum atomic E-state index is -0.264. The molecular formula is C13H8Br2N4O2. The van der Waals surface area contributed by atoms with E-state index in [1.165, 1.54) is 19.2 Å². The highest BCUT2D eigenvalue weighted by Crippen LogP contribution is 2.17. The predicted molar refractivity (Wildman–Crippen MR) is 82.7 cm³/mol. The second kappa shape index (κ2) is 8.20. The summed E-state index contributed by atoms with van der Waals surface area (Å²) in [5.74, 6) is 0.449. The molecule has 106 valence electrons. The van der Waals surface area contributed by atoms with Gasteiger partial charge in [-0.05, 0) is 44.0 Å². The lowest BCUT2D eigenvalue weighted by Gasteiger charge is -1.98. The van der Waals surface area contributed by atoms with Gasteiger partial charge < -0.3 is 9.72 Å². The van der Waals surface area contributed by atoms with Crippen LogP contribution in [0.25, 0.3) is 0 Å². The number of aromatic nitrogens is 2. The molecule has 21 heavy (non-hydrogen) atoms. The number of ether oxygens (including phenoxy) is 1. The summed E-state index contributed by atoms with van der Waals surface area (Å²) < 4.78 is 6.12. The molecule has 2 aromatic rings. The lowest BCUT2D eigenvalue weighted by atomic mass is 10.4. The molecule has 6 nitrogen and oxygen atoms in total. The molecule has 0 radical (unpaired) electrons. The van der Waals surface area contributed by atoms with Gasteiger partial charge in [-0.25, -0.2) is 4.98 Å². The molecule has 0 aromatic carbocycles. The van der Waals surface area contributed by atoms with Crippen molar-refractivity contribution in [2.24, 2.45) is 0 Å². The molecule has 1 N–H and O–H groups in total. The van der Waals surface area contributed by atoms with Gasteiger partial charge in [0.1, 0.15) is 17.8 Å². The van der Waals surface area contributed by atoms with Crippen LogP contribution in [0, 0.1) is 22.7 Å². The predicted octanol–water partition coefficient (Wildman–Crippen LogP) is 2.73. The minimum absolute atomic E-state index is 0.257. The molecule has 2 heterocycles. The van der Waals surface area contributed by atoms with Crippen molar-refractivity contribution in [3.8, 4) is 18.0 Å². The number of H-pyrrole nitrogens is 1. The number of methoxy groups -OCH3 is 1. The Bertz CT molecular complexity index is 775. The fourth-order valence-electron chi connectivity index (χ4n) is 1.15. The topological polar surface area (TPSA) is 103 Å². The van der Waals surface area contributed by atoms with Crippen LogP contribution in [0.5, 0.6) is 5.88 Å². The van der Waals surface area contributed by atoms with Crippen molar-refractivity contribution < 1.29 is 4.74 Å². The highest BCUT2D eigenvalue weighted by Gasteiger charge is 2.01. The number of rotatable bonds is 1. The van der Waals surface area contributed by atoms with E-state index in [0.717, 1.165) is 0 Å². The number of hydrogen-bond acceptors (Lipinski definition) is 5. The fraction of sp³-hybridized carbons (Fsp3) is 0.0769. The van der Waals surface area contributed by atoms with E-state index >= 15 is 0 Å². The molecule has 2 rings (SSSR count). The lowest BCUT2D eigenvalue weighted by Crippen LogP contribution is -2.04. The molecule has 8 heteroatoms. The largest absolute Gasteiger partial charge is 0.481 e. The molecule has 2 aromatic heterocycles. The quantitative estimate of drug-likeness (QED) is 0.776. The summed E-state index contributed by atoms with van der Waals surface area (Å²) in [5.41, 5.74) is 0.330. The van der Waals surface area contributed by atoms with Crippen LogP contribution < -0.4 is 10.3 Å². The van der Waals surface area contributed by atoms with Gasteiger partial charge in [0, 0.05) is 12.1 Å². The van der Waals surface area contributed by atoms with Crippen molar-refractivity contribution in [1.82, 2.24) is 9.97 Å². The fourth-order valence-corrected chi connectivity index (χ4v) is 1.78. The molecule has 0 amide bonds. The number of nitrogens with one attached hydrogen (secondary N) is 1. The van der Waals surface area contributed by atoms with Gasteiger partial charge in [0.25, 0.3) is 0 Å². The summed E-state index contributed by atoms with van der Waals surface area (Å²) in [6.07, 6.45) is 0. The normalized spacial score (nSPS) is 8.81. The van der Waals surface area contributed by atoms with Crippen molar-refractivity contribution in [3.05, 3.63) is 55.0 Å². The van der Waals surface area contributed by atoms with Gasteiger partial charge in [0.05, 0.1) is 16.1 Å². The first kappa shape index (κ1) is 16.9. The van der Waals surface area contributed by atoms with Crippen LogP contribution in [0.1, 0.15) is 11.4 Å². The molecule has 0 unspecified atom stereocenters. The summed E-state index contributed by atoms with van der Waals surface area (Å²) in [7, 11) is 1.51. The second-order valence-electron chi connectivity index (χ2n) is 3.45. The highest BCUT2D eigenvalue weighted by atomic mass is 79.9. The molecule has 0 saturated carbocycles. The maximum absolute atomic E-state index is 10.6. The number of nitriles is 2. The van der Waals surface area contributed by atoms with Gasteiger partial charge in [-0.2, -0.15) is 10.5 Å². The average Bonchev–Trinajstić information content (AvgIpc) is 2.51. The van der Waals surface area contributed by atoms with Crippen molar-refractivity contribution in [3.63, 3.8) is 0 Å². The van der Waals surface area contributed by atoms with Crippen LogP contribution in [0.3, 0.4) is 0 Å². The Morgan fingerprint density at radius 3 is 2.33 bits per heavy atom. The van der Waals surface area contributed by atoms with Crippen LogP contribution in [-0.2, 0) is 0 Å². The highest BCUT2D eigenvalue weighted by molar-refractivity contribution is 9.10. The molecule has 0 aliphatic carbocycles. The van der Waals surface area contributed by atoms with E-state index in [9.17, 15) is 4.79 Å². The Labute approximate surface area is 137 Å². The Balaban J connectivity index is 0.000000211. The van der Waals surface area contributed by atoms with E-state index in [2.05, 4.69) is 41.8 Å². The smallest absolute Gasteiger partial charge is 0.248 e. The number of aromatic amines is 1. The minimum Gasteiger partial charge on any atom is -0.481 e. The van der Waals surface area contributed by atoms with E-state index in [-0.39, 0.29) is 11.3 Å². The summed E-state index contributed by atoms with van der Waals surface area (Å²) in [6, 6.07) is 10.1. The van der Waals surface area contributed by atoms with Gasteiger partial charge in [0.2, 0.25) is 11.4 Å². The zero-order valence-electron chi connectivity index (χ0n) is 10.7. The first-order valence-electron chi connectivity index (χ1n) is 5.41. The molecule has 0 fully saturated rings.